The van der Waals surface area contributed by atoms with Crippen LogP contribution >= 0.6 is 0 Å². The lowest BCUT2D eigenvalue weighted by atomic mass is 10.1. The molecule has 8 nitrogen and oxygen atoms in total. The summed E-state index contributed by atoms with van der Waals surface area (Å²) in [5, 5.41) is 17.1. The van der Waals surface area contributed by atoms with E-state index >= 15 is 0 Å². The SMILES string of the molecule is CCCCOC1=C(CN=O)NCC(C(=O)O)=C1N=O. The van der Waals surface area contributed by atoms with E-state index in [1.807, 2.05) is 6.92 Å². The summed E-state index contributed by atoms with van der Waals surface area (Å²) in [6.45, 7) is 1.94. The maximum atomic E-state index is 11.0. The number of dihydropyridines is 1. The van der Waals surface area contributed by atoms with Crippen LogP contribution in [0.15, 0.2) is 33.1 Å². The number of rotatable bonds is 8. The smallest absolute Gasteiger partial charge is 0.335 e. The molecule has 1 rings (SSSR count). The second kappa shape index (κ2) is 7.24. The Morgan fingerprint density at radius 1 is 1.47 bits per heavy atom. The van der Waals surface area contributed by atoms with Gasteiger partial charge in [-0.05, 0) is 11.6 Å². The van der Waals surface area contributed by atoms with Crippen LogP contribution in [0, 0.1) is 9.81 Å². The molecular formula is C11H15N3O5. The summed E-state index contributed by atoms with van der Waals surface area (Å²) in [5.41, 5.74) is -0.178. The number of hydrogen-bond acceptors (Lipinski definition) is 7. The third-order valence-corrected chi connectivity index (χ3v) is 2.57. The Morgan fingerprint density at radius 3 is 2.74 bits per heavy atom. The van der Waals surface area contributed by atoms with Crippen molar-refractivity contribution < 1.29 is 14.6 Å². The van der Waals surface area contributed by atoms with Crippen molar-refractivity contribution in [2.75, 3.05) is 19.7 Å². The van der Waals surface area contributed by atoms with E-state index in [0.717, 1.165) is 12.8 Å². The molecule has 0 amide bonds. The zero-order chi connectivity index (χ0) is 14.3. The predicted octanol–water partition coefficient (Wildman–Crippen LogP) is 1.49. The van der Waals surface area contributed by atoms with E-state index in [0.29, 0.717) is 6.61 Å². The summed E-state index contributed by atoms with van der Waals surface area (Å²) in [6, 6.07) is 0. The van der Waals surface area contributed by atoms with Crippen LogP contribution in [0.1, 0.15) is 19.8 Å². The number of unbranched alkanes of at least 4 members (excludes halogenated alkanes) is 1. The van der Waals surface area contributed by atoms with Gasteiger partial charge >= 0.3 is 5.97 Å². The largest absolute Gasteiger partial charge is 0.489 e. The Labute approximate surface area is 109 Å². The van der Waals surface area contributed by atoms with Gasteiger partial charge in [0, 0.05) is 6.54 Å². The second-order valence-electron chi connectivity index (χ2n) is 3.87. The van der Waals surface area contributed by atoms with Crippen LogP contribution in [-0.4, -0.2) is 30.8 Å². The van der Waals surface area contributed by atoms with Crippen LogP contribution in [0.3, 0.4) is 0 Å². The molecule has 2 N–H and O–H groups in total. The number of nitroso groups, excluding NO2 is 2. The molecule has 19 heavy (non-hydrogen) atoms. The third-order valence-electron chi connectivity index (χ3n) is 2.57. The van der Waals surface area contributed by atoms with Crippen molar-refractivity contribution in [3.63, 3.8) is 0 Å². The van der Waals surface area contributed by atoms with E-state index in [4.69, 9.17) is 9.84 Å². The van der Waals surface area contributed by atoms with Gasteiger partial charge in [0.15, 0.2) is 11.5 Å². The molecule has 0 saturated carbocycles. The van der Waals surface area contributed by atoms with Gasteiger partial charge in [0.05, 0.1) is 17.9 Å². The molecule has 0 atom stereocenters. The van der Waals surface area contributed by atoms with Crippen molar-refractivity contribution in [3.8, 4) is 0 Å². The Balaban J connectivity index is 3.10. The predicted molar refractivity (Wildman–Crippen MR) is 67.0 cm³/mol. The van der Waals surface area contributed by atoms with Crippen molar-refractivity contribution in [3.05, 3.63) is 32.5 Å². The average Bonchev–Trinajstić information content (AvgIpc) is 2.40. The van der Waals surface area contributed by atoms with Gasteiger partial charge in [0.2, 0.25) is 0 Å². The van der Waals surface area contributed by atoms with Gasteiger partial charge in [0.1, 0.15) is 6.54 Å². The zero-order valence-corrected chi connectivity index (χ0v) is 10.5. The van der Waals surface area contributed by atoms with Crippen molar-refractivity contribution in [1.29, 1.82) is 0 Å². The minimum absolute atomic E-state index is 0.00620. The topological polar surface area (TPSA) is 117 Å². The van der Waals surface area contributed by atoms with Crippen LogP contribution < -0.4 is 5.32 Å². The molecule has 0 aromatic heterocycles. The quantitative estimate of drug-likeness (QED) is 0.509. The molecule has 0 spiro atoms. The molecule has 0 aromatic rings. The van der Waals surface area contributed by atoms with E-state index in [9.17, 15) is 14.6 Å². The molecule has 0 radical (unpaired) electrons. The Kier molecular flexibility index (Phi) is 5.65. The summed E-state index contributed by atoms with van der Waals surface area (Å²) >= 11 is 0. The first-order valence-electron chi connectivity index (χ1n) is 5.84. The van der Waals surface area contributed by atoms with Crippen LogP contribution in [0.5, 0.6) is 0 Å². The number of nitrogens with one attached hydrogen (secondary N) is 1. The van der Waals surface area contributed by atoms with E-state index in [1.54, 1.807) is 0 Å². The van der Waals surface area contributed by atoms with E-state index in [2.05, 4.69) is 15.7 Å². The minimum atomic E-state index is -1.25. The van der Waals surface area contributed by atoms with E-state index in [-0.39, 0.29) is 35.8 Å². The van der Waals surface area contributed by atoms with Crippen molar-refractivity contribution in [2.24, 2.45) is 10.4 Å². The average molecular weight is 269 g/mol. The van der Waals surface area contributed by atoms with Gasteiger partial charge in [-0.25, -0.2) is 4.79 Å². The van der Waals surface area contributed by atoms with Crippen molar-refractivity contribution in [2.45, 2.75) is 19.8 Å². The van der Waals surface area contributed by atoms with Crippen LogP contribution in [0.4, 0.5) is 0 Å². The van der Waals surface area contributed by atoms with Gasteiger partial charge in [0.25, 0.3) is 0 Å². The highest BCUT2D eigenvalue weighted by atomic mass is 16.5. The lowest BCUT2D eigenvalue weighted by molar-refractivity contribution is -0.132. The van der Waals surface area contributed by atoms with Crippen LogP contribution in [-0.2, 0) is 9.53 Å². The van der Waals surface area contributed by atoms with Crippen LogP contribution in [0.2, 0.25) is 0 Å². The fourth-order valence-electron chi connectivity index (χ4n) is 1.58. The molecular weight excluding hydrogens is 254 g/mol. The molecule has 1 aliphatic heterocycles. The normalized spacial score (nSPS) is 15.0. The monoisotopic (exact) mass is 269 g/mol. The summed E-state index contributed by atoms with van der Waals surface area (Å²) < 4.78 is 5.38. The van der Waals surface area contributed by atoms with Crippen molar-refractivity contribution >= 4 is 5.97 Å². The van der Waals surface area contributed by atoms with E-state index < -0.39 is 5.97 Å². The summed E-state index contributed by atoms with van der Waals surface area (Å²) in [6.07, 6.45) is 1.61. The second-order valence-corrected chi connectivity index (χ2v) is 3.87. The third kappa shape index (κ3) is 3.60. The fourth-order valence-corrected chi connectivity index (χ4v) is 1.58. The van der Waals surface area contributed by atoms with Crippen molar-refractivity contribution in [1.82, 2.24) is 5.32 Å². The molecule has 0 unspecified atom stereocenters. The number of hydrogen-bond donors (Lipinski definition) is 2. The van der Waals surface area contributed by atoms with E-state index in [1.165, 1.54) is 0 Å². The van der Waals surface area contributed by atoms with Crippen LogP contribution in [0.25, 0.3) is 0 Å². The molecule has 0 fully saturated rings. The zero-order valence-electron chi connectivity index (χ0n) is 10.5. The molecule has 0 bridgehead atoms. The highest BCUT2D eigenvalue weighted by Gasteiger charge is 2.28. The maximum Gasteiger partial charge on any atom is 0.335 e. The lowest BCUT2D eigenvalue weighted by Crippen LogP contribution is -2.30. The van der Waals surface area contributed by atoms with Gasteiger partial charge in [-0.3, -0.25) is 0 Å². The molecule has 1 aliphatic rings. The minimum Gasteiger partial charge on any atom is -0.489 e. The van der Waals surface area contributed by atoms with Gasteiger partial charge in [-0.2, -0.15) is 4.91 Å². The molecule has 0 aliphatic carbocycles. The Morgan fingerprint density at radius 2 is 2.21 bits per heavy atom. The Bertz CT molecular complexity index is 442. The number of nitrogens with zero attached hydrogens (tertiary/aromatic N) is 2. The summed E-state index contributed by atoms with van der Waals surface area (Å²) in [5.74, 6) is -1.25. The molecule has 8 heteroatoms. The van der Waals surface area contributed by atoms with Gasteiger partial charge in [-0.15, -0.1) is 4.91 Å². The lowest BCUT2D eigenvalue weighted by Gasteiger charge is -2.21. The fraction of sp³-hybridized carbons (Fsp3) is 0.545. The number of aliphatic carboxylic acids is 1. The number of carbonyl (C=O) groups is 1. The first-order valence-corrected chi connectivity index (χ1v) is 5.84. The van der Waals surface area contributed by atoms with Gasteiger partial charge < -0.3 is 15.2 Å². The summed E-state index contributed by atoms with van der Waals surface area (Å²) in [7, 11) is 0. The number of carboxylic acids is 1. The molecule has 0 aromatic carbocycles. The first-order chi connectivity index (χ1) is 9.15. The molecule has 0 saturated heterocycles. The summed E-state index contributed by atoms with van der Waals surface area (Å²) in [4.78, 5) is 32.2. The highest BCUT2D eigenvalue weighted by molar-refractivity contribution is 5.89. The molecule has 104 valence electrons. The highest BCUT2D eigenvalue weighted by Crippen LogP contribution is 2.25. The molecule has 1 heterocycles. The van der Waals surface area contributed by atoms with Gasteiger partial charge in [-0.1, -0.05) is 18.5 Å². The first kappa shape index (κ1) is 14.8. The number of carboxylic acid groups (broad SMARTS) is 1. The maximum absolute atomic E-state index is 11.0. The Hall–Kier alpha value is -2.25. The number of ether oxygens (including phenoxy) is 1. The standard InChI is InChI=1S/C11H15N3O5/c1-2-3-4-19-10-8(6-13-17)12-5-7(11(15)16)9(10)14-18/h12H,2-6H2,1H3,(H,15,16).